The maximum absolute atomic E-state index is 12.5. The number of benzene rings is 2. The summed E-state index contributed by atoms with van der Waals surface area (Å²) in [7, 11) is -3.60. The highest BCUT2D eigenvalue weighted by Crippen LogP contribution is 2.25. The number of nitro groups is 1. The van der Waals surface area contributed by atoms with E-state index in [0.717, 1.165) is 32.1 Å². The van der Waals surface area contributed by atoms with Crippen molar-refractivity contribution in [3.05, 3.63) is 58.1 Å². The number of hydrogen-bond acceptors (Lipinski definition) is 6. The summed E-state index contributed by atoms with van der Waals surface area (Å²) in [5.74, 6) is -0.151. The first-order chi connectivity index (χ1) is 14.8. The SMILES string of the molecule is Cc1c(NC(=O)COc2ccc(S(=O)(=O)NC3CCCCC3)cc2)cccc1[N+](=O)[O-]. The van der Waals surface area contributed by atoms with Gasteiger partial charge in [-0.1, -0.05) is 25.3 Å². The van der Waals surface area contributed by atoms with Gasteiger partial charge >= 0.3 is 0 Å². The van der Waals surface area contributed by atoms with Crippen LogP contribution in [0.5, 0.6) is 5.75 Å². The van der Waals surface area contributed by atoms with E-state index in [0.29, 0.717) is 17.0 Å². The van der Waals surface area contributed by atoms with Crippen LogP contribution in [0.25, 0.3) is 0 Å². The Morgan fingerprint density at radius 3 is 2.45 bits per heavy atom. The molecule has 3 rings (SSSR count). The summed E-state index contributed by atoms with van der Waals surface area (Å²) in [6.07, 6.45) is 4.88. The number of nitrogens with one attached hydrogen (secondary N) is 2. The van der Waals surface area contributed by atoms with Gasteiger partial charge in [0.1, 0.15) is 5.75 Å². The number of ether oxygens (including phenoxy) is 1. The van der Waals surface area contributed by atoms with Crippen molar-refractivity contribution in [3.63, 3.8) is 0 Å². The topological polar surface area (TPSA) is 128 Å². The molecule has 0 saturated heterocycles. The molecule has 1 saturated carbocycles. The Labute approximate surface area is 181 Å². The minimum Gasteiger partial charge on any atom is -0.484 e. The van der Waals surface area contributed by atoms with Gasteiger partial charge in [-0.25, -0.2) is 13.1 Å². The van der Waals surface area contributed by atoms with Gasteiger partial charge in [-0.15, -0.1) is 0 Å². The fourth-order valence-corrected chi connectivity index (χ4v) is 4.82. The van der Waals surface area contributed by atoms with E-state index in [-0.39, 0.29) is 23.2 Å². The highest BCUT2D eigenvalue weighted by Gasteiger charge is 2.22. The molecule has 9 nitrogen and oxygen atoms in total. The number of amides is 1. The standard InChI is InChI=1S/C21H25N3O6S/c1-15-19(8-5-9-20(15)24(26)27)22-21(25)14-30-17-10-12-18(13-11-17)31(28,29)23-16-6-3-2-4-7-16/h5,8-13,16,23H,2-4,6-7,14H2,1H3,(H,22,25). The van der Waals surface area contributed by atoms with E-state index in [1.165, 1.54) is 36.4 Å². The lowest BCUT2D eigenvalue weighted by Gasteiger charge is -2.22. The number of nitrogens with zero attached hydrogens (tertiary/aromatic N) is 1. The van der Waals surface area contributed by atoms with Gasteiger partial charge in [0.25, 0.3) is 11.6 Å². The Morgan fingerprint density at radius 2 is 1.81 bits per heavy atom. The molecule has 1 aliphatic rings. The maximum Gasteiger partial charge on any atom is 0.274 e. The van der Waals surface area contributed by atoms with Crippen molar-refractivity contribution >= 4 is 27.3 Å². The molecular weight excluding hydrogens is 422 g/mol. The molecule has 1 amide bonds. The van der Waals surface area contributed by atoms with E-state index in [4.69, 9.17) is 4.74 Å². The fraction of sp³-hybridized carbons (Fsp3) is 0.381. The van der Waals surface area contributed by atoms with Crippen molar-refractivity contribution in [3.8, 4) is 5.75 Å². The molecule has 1 fully saturated rings. The number of sulfonamides is 1. The highest BCUT2D eigenvalue weighted by molar-refractivity contribution is 7.89. The van der Waals surface area contributed by atoms with E-state index < -0.39 is 20.9 Å². The Morgan fingerprint density at radius 1 is 1.13 bits per heavy atom. The maximum atomic E-state index is 12.5. The molecular formula is C21H25N3O6S. The van der Waals surface area contributed by atoms with E-state index in [2.05, 4.69) is 10.0 Å². The van der Waals surface area contributed by atoms with Crippen LogP contribution in [0.3, 0.4) is 0 Å². The lowest BCUT2D eigenvalue weighted by Crippen LogP contribution is -2.36. The minimum atomic E-state index is -3.60. The van der Waals surface area contributed by atoms with Crippen molar-refractivity contribution in [2.24, 2.45) is 0 Å². The minimum absolute atomic E-state index is 0.0318. The molecule has 166 valence electrons. The van der Waals surface area contributed by atoms with E-state index in [9.17, 15) is 23.3 Å². The molecule has 0 atom stereocenters. The molecule has 0 aliphatic heterocycles. The molecule has 31 heavy (non-hydrogen) atoms. The molecule has 0 heterocycles. The van der Waals surface area contributed by atoms with Crippen molar-refractivity contribution in [2.45, 2.75) is 50.0 Å². The molecule has 0 spiro atoms. The average molecular weight is 448 g/mol. The zero-order valence-electron chi connectivity index (χ0n) is 17.2. The van der Waals surface area contributed by atoms with Gasteiger partial charge in [-0.3, -0.25) is 14.9 Å². The molecule has 0 unspecified atom stereocenters. The van der Waals surface area contributed by atoms with Crippen LogP contribution >= 0.6 is 0 Å². The van der Waals surface area contributed by atoms with Crippen LogP contribution in [0, 0.1) is 17.0 Å². The van der Waals surface area contributed by atoms with E-state index in [1.807, 2.05) is 0 Å². The zero-order chi connectivity index (χ0) is 22.4. The van der Waals surface area contributed by atoms with Crippen molar-refractivity contribution in [2.75, 3.05) is 11.9 Å². The first-order valence-electron chi connectivity index (χ1n) is 10.1. The third kappa shape index (κ3) is 6.02. The van der Waals surface area contributed by atoms with Gasteiger partial charge in [0, 0.05) is 12.1 Å². The third-order valence-electron chi connectivity index (χ3n) is 5.21. The second-order valence-corrected chi connectivity index (χ2v) is 9.19. The first-order valence-corrected chi connectivity index (χ1v) is 11.5. The van der Waals surface area contributed by atoms with Crippen LogP contribution in [0.1, 0.15) is 37.7 Å². The number of nitro benzene ring substituents is 1. The summed E-state index contributed by atoms with van der Waals surface area (Å²) in [5.41, 5.74) is 0.594. The molecule has 10 heteroatoms. The normalized spacial score (nSPS) is 14.7. The second-order valence-electron chi connectivity index (χ2n) is 7.47. The zero-order valence-corrected chi connectivity index (χ0v) is 18.0. The van der Waals surface area contributed by atoms with Crippen molar-refractivity contribution in [1.29, 1.82) is 0 Å². The van der Waals surface area contributed by atoms with Crippen molar-refractivity contribution < 1.29 is 22.9 Å². The van der Waals surface area contributed by atoms with Crippen LogP contribution in [0.15, 0.2) is 47.4 Å². The first kappa shape index (κ1) is 22.7. The fourth-order valence-electron chi connectivity index (χ4n) is 3.51. The summed E-state index contributed by atoms with van der Waals surface area (Å²) in [4.78, 5) is 22.8. The number of carbonyl (C=O) groups is 1. The quantitative estimate of drug-likeness (QED) is 0.471. The largest absolute Gasteiger partial charge is 0.484 e. The highest BCUT2D eigenvalue weighted by atomic mass is 32.2. The van der Waals surface area contributed by atoms with Gasteiger partial charge in [-0.2, -0.15) is 0 Å². The summed E-state index contributed by atoms with van der Waals surface area (Å²) in [6, 6.07) is 10.2. The average Bonchev–Trinajstić information content (AvgIpc) is 2.74. The Balaban J connectivity index is 1.56. The van der Waals surface area contributed by atoms with Gasteiger partial charge in [-0.05, 0) is 50.1 Å². The van der Waals surface area contributed by atoms with Gasteiger partial charge in [0.15, 0.2) is 6.61 Å². The smallest absolute Gasteiger partial charge is 0.274 e. The van der Waals surface area contributed by atoms with Crippen molar-refractivity contribution in [1.82, 2.24) is 4.72 Å². The molecule has 0 radical (unpaired) electrons. The lowest BCUT2D eigenvalue weighted by atomic mass is 9.96. The van der Waals surface area contributed by atoms with Crippen LogP contribution < -0.4 is 14.8 Å². The van der Waals surface area contributed by atoms with Gasteiger partial charge in [0.2, 0.25) is 10.0 Å². The lowest BCUT2D eigenvalue weighted by molar-refractivity contribution is -0.385. The second kappa shape index (κ2) is 9.88. The molecule has 2 aromatic rings. The predicted molar refractivity (Wildman–Crippen MR) is 116 cm³/mol. The molecule has 2 N–H and O–H groups in total. The molecule has 1 aliphatic carbocycles. The summed E-state index contributed by atoms with van der Waals surface area (Å²) in [5, 5.41) is 13.6. The Kier molecular flexibility index (Phi) is 7.24. The number of anilines is 1. The summed E-state index contributed by atoms with van der Waals surface area (Å²) >= 11 is 0. The Bertz CT molecular complexity index is 1050. The molecule has 0 aromatic heterocycles. The number of hydrogen-bond donors (Lipinski definition) is 2. The van der Waals surface area contributed by atoms with Crippen LogP contribution in [0.2, 0.25) is 0 Å². The number of carbonyl (C=O) groups excluding carboxylic acids is 1. The van der Waals surface area contributed by atoms with Crippen LogP contribution in [0.4, 0.5) is 11.4 Å². The van der Waals surface area contributed by atoms with E-state index in [1.54, 1.807) is 13.0 Å². The van der Waals surface area contributed by atoms with E-state index >= 15 is 0 Å². The summed E-state index contributed by atoms with van der Waals surface area (Å²) < 4.78 is 33.2. The van der Waals surface area contributed by atoms with Crippen LogP contribution in [-0.2, 0) is 14.8 Å². The molecule has 0 bridgehead atoms. The Hall–Kier alpha value is -2.98. The van der Waals surface area contributed by atoms with Gasteiger partial charge in [0.05, 0.1) is 21.1 Å². The summed E-state index contributed by atoms with van der Waals surface area (Å²) in [6.45, 7) is 1.23. The van der Waals surface area contributed by atoms with Crippen LogP contribution in [-0.4, -0.2) is 31.9 Å². The van der Waals surface area contributed by atoms with Gasteiger partial charge < -0.3 is 10.1 Å². The predicted octanol–water partition coefficient (Wildman–Crippen LogP) is 3.53. The third-order valence-corrected chi connectivity index (χ3v) is 6.74. The monoisotopic (exact) mass is 447 g/mol. The molecule has 2 aromatic carbocycles. The number of rotatable bonds is 8.